The molecule has 0 aliphatic carbocycles. The number of Topliss-reactive ketones (excluding diaryl/α,β-unsaturated/α-hetero) is 2. The predicted molar refractivity (Wildman–Crippen MR) is 250 cm³/mol. The van der Waals surface area contributed by atoms with Crippen LogP contribution < -0.4 is 19.6 Å². The summed E-state index contributed by atoms with van der Waals surface area (Å²) in [4.78, 5) is 37.9. The van der Waals surface area contributed by atoms with Gasteiger partial charge in [-0.1, -0.05) is 36.4 Å². The van der Waals surface area contributed by atoms with E-state index in [2.05, 4.69) is 0 Å². The van der Waals surface area contributed by atoms with Gasteiger partial charge in [0.25, 0.3) is 0 Å². The molecule has 1 aromatic heterocycles. The fraction of sp³-hybridized carbons (Fsp3) is 0.431. The van der Waals surface area contributed by atoms with Gasteiger partial charge in [0.1, 0.15) is 94.0 Å². The maximum atomic E-state index is 13.6. The number of phenolic OH excluding ortho intramolecular Hbond substituents is 3. The van der Waals surface area contributed by atoms with E-state index in [0.29, 0.717) is 31.2 Å². The number of methoxy groups -OCH3 is 2. The number of carbonyl (C=O) groups excluding carboxylic acids is 2. The molecule has 2 aliphatic rings. The van der Waals surface area contributed by atoms with Crippen LogP contribution in [0.1, 0.15) is 54.0 Å². The minimum absolute atomic E-state index is 0.00594. The number of aryl methyl sites for hydroxylation is 5. The standard InChI is InChI=1S/C28H32O15.C23H28O4/c1-9-3-4-11(5-13(9)30)25-26(20(34)17-14(31)6-12(29)7-15(17)41-25)43-28-24(38)22(36)19(33)16(42-28)8-39-27-23(37)21(35)18(32)10(2)40-27;1-16-5-7-18(13-22(16)26-3)9-11-20(24)15-21(25)12-10-19-8-6-17(2)23(14-19)27-4/h3-7,10,16,18-19,21-24,27-33,35-38H,8H2,1-2H3;5-8,13-14H,9-12,15H2,1-4H3/t10-,16+,18-,19+,21+,22-,23+,24+,27+,28-;/m0./s1. The lowest BCUT2D eigenvalue weighted by Gasteiger charge is -2.42. The van der Waals surface area contributed by atoms with Crippen LogP contribution >= 0.6 is 0 Å². The molecule has 2 saturated heterocycles. The van der Waals surface area contributed by atoms with Crippen molar-refractivity contribution in [3.05, 3.63) is 105 Å². The number of ketones is 2. The second kappa shape index (κ2) is 23.2. The summed E-state index contributed by atoms with van der Waals surface area (Å²) >= 11 is 0. The number of fused-ring (bicyclic) bond motifs is 1. The highest BCUT2D eigenvalue weighted by molar-refractivity contribution is 5.99. The molecule has 378 valence electrons. The minimum atomic E-state index is -1.93. The highest BCUT2D eigenvalue weighted by Crippen LogP contribution is 2.39. The number of aromatic hydroxyl groups is 3. The number of aliphatic hydroxyl groups is 6. The highest BCUT2D eigenvalue weighted by atomic mass is 16.7. The molecule has 5 aromatic rings. The van der Waals surface area contributed by atoms with E-state index >= 15 is 0 Å². The quantitative estimate of drug-likeness (QED) is 0.0641. The van der Waals surface area contributed by atoms with Crippen LogP contribution in [0, 0.1) is 20.8 Å². The third kappa shape index (κ3) is 12.4. The second-order valence-corrected chi connectivity index (χ2v) is 17.4. The highest BCUT2D eigenvalue weighted by Gasteiger charge is 2.48. The predicted octanol–water partition coefficient (Wildman–Crippen LogP) is 3.33. The summed E-state index contributed by atoms with van der Waals surface area (Å²) in [6, 6.07) is 18.1. The molecule has 0 unspecified atom stereocenters. The first-order valence-electron chi connectivity index (χ1n) is 22.5. The maximum absolute atomic E-state index is 13.6. The summed E-state index contributed by atoms with van der Waals surface area (Å²) in [5.41, 5.74) is 3.66. The molecule has 0 amide bonds. The largest absolute Gasteiger partial charge is 0.508 e. The van der Waals surface area contributed by atoms with Crippen LogP contribution in [0.2, 0.25) is 0 Å². The van der Waals surface area contributed by atoms with Crippen LogP contribution in [-0.2, 0) is 36.6 Å². The van der Waals surface area contributed by atoms with Crippen LogP contribution in [0.15, 0.2) is 75.9 Å². The van der Waals surface area contributed by atoms with E-state index in [1.54, 1.807) is 21.1 Å². The van der Waals surface area contributed by atoms with E-state index < -0.39 is 96.1 Å². The Morgan fingerprint density at radius 2 is 1.19 bits per heavy atom. The van der Waals surface area contributed by atoms with Crippen LogP contribution in [0.4, 0.5) is 0 Å². The molecule has 3 heterocycles. The van der Waals surface area contributed by atoms with E-state index in [1.165, 1.54) is 25.1 Å². The zero-order chi connectivity index (χ0) is 51.1. The van der Waals surface area contributed by atoms with Gasteiger partial charge in [-0.2, -0.15) is 0 Å². The normalized spacial score (nSPS) is 24.3. The molecular weight excluding hydrogens is 917 g/mol. The third-order valence-corrected chi connectivity index (χ3v) is 12.2. The van der Waals surface area contributed by atoms with Crippen LogP contribution in [-0.4, -0.2) is 140 Å². The molecule has 0 saturated carbocycles. The molecule has 10 atom stereocenters. The van der Waals surface area contributed by atoms with Crippen molar-refractivity contribution in [3.8, 4) is 45.8 Å². The Morgan fingerprint density at radius 3 is 1.76 bits per heavy atom. The smallest absolute Gasteiger partial charge is 0.239 e. The lowest BCUT2D eigenvalue weighted by atomic mass is 9.98. The van der Waals surface area contributed by atoms with Crippen molar-refractivity contribution < 1.29 is 88.4 Å². The summed E-state index contributed by atoms with van der Waals surface area (Å²) in [5, 5.41) is 92.2. The van der Waals surface area contributed by atoms with Crippen molar-refractivity contribution in [2.24, 2.45) is 0 Å². The van der Waals surface area contributed by atoms with Gasteiger partial charge >= 0.3 is 0 Å². The molecule has 19 nitrogen and oxygen atoms in total. The lowest BCUT2D eigenvalue weighted by molar-refractivity contribution is -0.318. The zero-order valence-electron chi connectivity index (χ0n) is 39.5. The van der Waals surface area contributed by atoms with Gasteiger partial charge in [0, 0.05) is 30.5 Å². The molecule has 0 bridgehead atoms. The second-order valence-electron chi connectivity index (χ2n) is 17.4. The van der Waals surface area contributed by atoms with Crippen molar-refractivity contribution >= 4 is 22.5 Å². The molecule has 7 rings (SSSR count). The summed E-state index contributed by atoms with van der Waals surface area (Å²) in [6.07, 6.45) is -13.9. The fourth-order valence-electron chi connectivity index (χ4n) is 7.93. The van der Waals surface area contributed by atoms with Crippen molar-refractivity contribution in [3.63, 3.8) is 0 Å². The van der Waals surface area contributed by atoms with Crippen LogP contribution in [0.5, 0.6) is 34.5 Å². The van der Waals surface area contributed by atoms with E-state index in [4.69, 9.17) is 32.8 Å². The number of phenols is 3. The third-order valence-electron chi connectivity index (χ3n) is 12.2. The summed E-state index contributed by atoms with van der Waals surface area (Å²) in [7, 11) is 3.28. The maximum Gasteiger partial charge on any atom is 0.239 e. The molecule has 2 aliphatic heterocycles. The van der Waals surface area contributed by atoms with Crippen molar-refractivity contribution in [2.45, 2.75) is 121 Å². The van der Waals surface area contributed by atoms with Gasteiger partial charge in [-0.15, -0.1) is 0 Å². The number of aliphatic hydroxyl groups excluding tert-OH is 6. The number of hydrogen-bond donors (Lipinski definition) is 9. The zero-order valence-corrected chi connectivity index (χ0v) is 39.5. The Kier molecular flexibility index (Phi) is 17.6. The monoisotopic (exact) mass is 976 g/mol. The van der Waals surface area contributed by atoms with Gasteiger partial charge in [-0.3, -0.25) is 14.4 Å². The Morgan fingerprint density at radius 1 is 0.629 bits per heavy atom. The molecule has 2 fully saturated rings. The number of ether oxygens (including phenoxy) is 6. The van der Waals surface area contributed by atoms with Gasteiger partial charge in [0.05, 0.1) is 33.4 Å². The van der Waals surface area contributed by atoms with Crippen molar-refractivity contribution in [1.29, 1.82) is 0 Å². The number of hydrogen-bond acceptors (Lipinski definition) is 19. The van der Waals surface area contributed by atoms with E-state index in [0.717, 1.165) is 45.9 Å². The Bertz CT molecular complexity index is 2630. The van der Waals surface area contributed by atoms with Crippen molar-refractivity contribution in [2.75, 3.05) is 20.8 Å². The Hall–Kier alpha value is -6.13. The Balaban J connectivity index is 0.000000256. The first-order valence-corrected chi connectivity index (χ1v) is 22.5. The van der Waals surface area contributed by atoms with E-state index in [1.807, 2.05) is 50.2 Å². The van der Waals surface area contributed by atoms with E-state index in [-0.39, 0.29) is 40.6 Å². The Labute approximate surface area is 402 Å². The molecular formula is C51H60O19. The minimum Gasteiger partial charge on any atom is -0.508 e. The average molecular weight is 977 g/mol. The molecule has 0 radical (unpaired) electrons. The molecule has 70 heavy (non-hydrogen) atoms. The number of benzene rings is 4. The van der Waals surface area contributed by atoms with E-state index in [9.17, 15) is 60.3 Å². The van der Waals surface area contributed by atoms with Crippen LogP contribution in [0.25, 0.3) is 22.3 Å². The van der Waals surface area contributed by atoms with Gasteiger partial charge < -0.3 is 78.8 Å². The van der Waals surface area contributed by atoms with Crippen molar-refractivity contribution in [1.82, 2.24) is 0 Å². The van der Waals surface area contributed by atoms with Gasteiger partial charge in [0.2, 0.25) is 17.5 Å². The number of rotatable bonds is 16. The fourth-order valence-corrected chi connectivity index (χ4v) is 7.93. The molecule has 19 heteroatoms. The topological polar surface area (TPSA) is 302 Å². The molecule has 0 spiro atoms. The van der Waals surface area contributed by atoms with Gasteiger partial charge in [-0.25, -0.2) is 0 Å². The molecule has 9 N–H and O–H groups in total. The number of carbonyl (C=O) groups is 2. The molecule has 4 aromatic carbocycles. The summed E-state index contributed by atoms with van der Waals surface area (Å²) in [5.74, 6) is -0.492. The van der Waals surface area contributed by atoms with Gasteiger partial charge in [-0.05, 0) is 86.6 Å². The lowest BCUT2D eigenvalue weighted by Crippen LogP contribution is -2.61. The summed E-state index contributed by atoms with van der Waals surface area (Å²) in [6.45, 7) is 6.45. The first-order chi connectivity index (χ1) is 33.2. The summed E-state index contributed by atoms with van der Waals surface area (Å²) < 4.78 is 38.6. The average Bonchev–Trinajstić information content (AvgIpc) is 3.33. The van der Waals surface area contributed by atoms with Crippen LogP contribution in [0.3, 0.4) is 0 Å². The van der Waals surface area contributed by atoms with Gasteiger partial charge in [0.15, 0.2) is 12.1 Å². The SMILES string of the molecule is COc1cc(CCC(=O)CC(=O)CCc2ccc(C)c(OC)c2)ccc1C.Cc1ccc(-c2oc3cc(O)cc(O)c3c(=O)c2O[C@@H]2O[C@H](CO[C@@H]3O[C@@H](C)[C@H](O)[C@@H](O)[C@H]3O)[C@@H](O)[C@H](O)[C@H]2O)cc1O. The first kappa shape index (κ1) is 53.2.